The zero-order valence-corrected chi connectivity index (χ0v) is 11.7. The average Bonchev–Trinajstić information content (AvgIpc) is 3.14. The molecule has 0 aromatic heterocycles. The van der Waals surface area contributed by atoms with Gasteiger partial charge in [0.2, 0.25) is 0 Å². The van der Waals surface area contributed by atoms with E-state index in [4.69, 9.17) is 9.47 Å². The standard InChI is InChI=1S/C15H26O3/c1-3-4-5-6-7-14(16)17-10-12-8-9-13-15(18-13)11(12)2/h11-13,15H,3-10H2,1-2H3. The number of rotatable bonds is 7. The third kappa shape index (κ3) is 3.71. The molecule has 0 N–H and O–H groups in total. The maximum atomic E-state index is 11.6. The lowest BCUT2D eigenvalue weighted by Gasteiger charge is -2.25. The summed E-state index contributed by atoms with van der Waals surface area (Å²) in [7, 11) is 0. The number of esters is 1. The van der Waals surface area contributed by atoms with Gasteiger partial charge in [-0.25, -0.2) is 0 Å². The molecule has 2 aliphatic rings. The molecule has 4 unspecified atom stereocenters. The predicted molar refractivity (Wildman–Crippen MR) is 70.3 cm³/mol. The molecule has 3 nitrogen and oxygen atoms in total. The van der Waals surface area contributed by atoms with Gasteiger partial charge in [-0.15, -0.1) is 0 Å². The predicted octanol–water partition coefficient (Wildman–Crippen LogP) is 3.31. The third-order valence-electron chi connectivity index (χ3n) is 4.40. The molecular weight excluding hydrogens is 228 g/mol. The second-order valence-corrected chi connectivity index (χ2v) is 5.83. The Morgan fingerprint density at radius 2 is 2.11 bits per heavy atom. The third-order valence-corrected chi connectivity index (χ3v) is 4.40. The Morgan fingerprint density at radius 1 is 1.28 bits per heavy atom. The van der Waals surface area contributed by atoms with Gasteiger partial charge in [0.05, 0.1) is 18.8 Å². The van der Waals surface area contributed by atoms with Crippen molar-refractivity contribution >= 4 is 5.97 Å². The van der Waals surface area contributed by atoms with Crippen LogP contribution < -0.4 is 0 Å². The zero-order valence-electron chi connectivity index (χ0n) is 11.7. The topological polar surface area (TPSA) is 38.8 Å². The maximum Gasteiger partial charge on any atom is 0.305 e. The van der Waals surface area contributed by atoms with Gasteiger partial charge in [-0.1, -0.05) is 33.1 Å². The largest absolute Gasteiger partial charge is 0.465 e. The molecule has 1 saturated carbocycles. The fraction of sp³-hybridized carbons (Fsp3) is 0.933. The van der Waals surface area contributed by atoms with Crippen molar-refractivity contribution in [1.82, 2.24) is 0 Å². The lowest BCUT2D eigenvalue weighted by atomic mass is 9.81. The summed E-state index contributed by atoms with van der Waals surface area (Å²) >= 11 is 0. The summed E-state index contributed by atoms with van der Waals surface area (Å²) in [5.41, 5.74) is 0. The van der Waals surface area contributed by atoms with Gasteiger partial charge >= 0.3 is 5.97 Å². The van der Waals surface area contributed by atoms with Crippen LogP contribution >= 0.6 is 0 Å². The molecular formula is C15H26O3. The van der Waals surface area contributed by atoms with Crippen molar-refractivity contribution in [2.45, 2.75) is 71.0 Å². The first-order valence-electron chi connectivity index (χ1n) is 7.53. The summed E-state index contributed by atoms with van der Waals surface area (Å²) in [5, 5.41) is 0. The number of hydrogen-bond donors (Lipinski definition) is 0. The van der Waals surface area contributed by atoms with Crippen molar-refractivity contribution < 1.29 is 14.3 Å². The minimum Gasteiger partial charge on any atom is -0.465 e. The van der Waals surface area contributed by atoms with Crippen molar-refractivity contribution in [3.8, 4) is 0 Å². The van der Waals surface area contributed by atoms with Gasteiger partial charge < -0.3 is 9.47 Å². The van der Waals surface area contributed by atoms with Crippen LogP contribution in [-0.4, -0.2) is 24.8 Å². The highest BCUT2D eigenvalue weighted by molar-refractivity contribution is 5.69. The summed E-state index contributed by atoms with van der Waals surface area (Å²) in [6.45, 7) is 5.00. The van der Waals surface area contributed by atoms with Crippen molar-refractivity contribution in [2.24, 2.45) is 11.8 Å². The minimum atomic E-state index is -0.0165. The van der Waals surface area contributed by atoms with Crippen LogP contribution in [0.1, 0.15) is 58.8 Å². The Labute approximate surface area is 110 Å². The smallest absolute Gasteiger partial charge is 0.305 e. The Bertz CT molecular complexity index is 277. The van der Waals surface area contributed by atoms with Crippen LogP contribution in [0, 0.1) is 11.8 Å². The van der Waals surface area contributed by atoms with Gasteiger partial charge in [-0.05, 0) is 31.1 Å². The molecule has 1 aliphatic heterocycles. The normalized spacial score (nSPS) is 33.9. The molecule has 18 heavy (non-hydrogen) atoms. The number of unbranched alkanes of at least 4 members (excludes halogenated alkanes) is 3. The van der Waals surface area contributed by atoms with E-state index in [1.807, 2.05) is 0 Å². The summed E-state index contributed by atoms with van der Waals surface area (Å²) in [6.07, 6.45) is 8.38. The van der Waals surface area contributed by atoms with Crippen LogP contribution in [0.3, 0.4) is 0 Å². The fourth-order valence-corrected chi connectivity index (χ4v) is 2.96. The first-order chi connectivity index (χ1) is 8.72. The number of ether oxygens (including phenoxy) is 2. The summed E-state index contributed by atoms with van der Waals surface area (Å²) in [5.74, 6) is 1.04. The molecule has 0 bridgehead atoms. The molecule has 0 spiro atoms. The van der Waals surface area contributed by atoms with Crippen molar-refractivity contribution in [2.75, 3.05) is 6.61 Å². The second kappa shape index (κ2) is 6.55. The highest BCUT2D eigenvalue weighted by Crippen LogP contribution is 2.43. The Morgan fingerprint density at radius 3 is 2.89 bits per heavy atom. The second-order valence-electron chi connectivity index (χ2n) is 5.83. The molecule has 104 valence electrons. The van der Waals surface area contributed by atoms with Gasteiger partial charge in [-0.2, -0.15) is 0 Å². The van der Waals surface area contributed by atoms with E-state index < -0.39 is 0 Å². The molecule has 2 rings (SSSR count). The quantitative estimate of drug-likeness (QED) is 0.397. The maximum absolute atomic E-state index is 11.6. The van der Waals surface area contributed by atoms with E-state index in [1.54, 1.807) is 0 Å². The first-order valence-corrected chi connectivity index (χ1v) is 7.53. The molecule has 1 heterocycles. The van der Waals surface area contributed by atoms with Crippen LogP contribution in [0.25, 0.3) is 0 Å². The number of epoxide rings is 1. The monoisotopic (exact) mass is 254 g/mol. The molecule has 0 aromatic carbocycles. The molecule has 1 saturated heterocycles. The number of carbonyl (C=O) groups excluding carboxylic acids is 1. The number of carbonyl (C=O) groups is 1. The molecule has 2 fully saturated rings. The van der Waals surface area contributed by atoms with Crippen LogP contribution in [-0.2, 0) is 14.3 Å². The van der Waals surface area contributed by atoms with Crippen LogP contribution in [0.5, 0.6) is 0 Å². The summed E-state index contributed by atoms with van der Waals surface area (Å²) in [4.78, 5) is 11.6. The van der Waals surface area contributed by atoms with E-state index in [9.17, 15) is 4.79 Å². The number of hydrogen-bond acceptors (Lipinski definition) is 3. The molecule has 0 amide bonds. The molecule has 0 aromatic rings. The Hall–Kier alpha value is -0.570. The molecule has 3 heteroatoms. The Kier molecular flexibility index (Phi) is 5.04. The van der Waals surface area contributed by atoms with Gasteiger partial charge in [0, 0.05) is 6.42 Å². The van der Waals surface area contributed by atoms with Gasteiger partial charge in [0.15, 0.2) is 0 Å². The highest BCUT2D eigenvalue weighted by Gasteiger charge is 2.49. The SMILES string of the molecule is CCCCCCC(=O)OCC1CCC2OC2C1C. The molecule has 0 radical (unpaired) electrons. The number of fused-ring (bicyclic) bond motifs is 1. The fourth-order valence-electron chi connectivity index (χ4n) is 2.96. The zero-order chi connectivity index (χ0) is 13.0. The van der Waals surface area contributed by atoms with Gasteiger partial charge in [-0.3, -0.25) is 4.79 Å². The van der Waals surface area contributed by atoms with Crippen molar-refractivity contribution in [3.05, 3.63) is 0 Å². The molecule has 4 atom stereocenters. The first kappa shape index (κ1) is 13.9. The Balaban J connectivity index is 1.57. The summed E-state index contributed by atoms with van der Waals surface area (Å²) < 4.78 is 11.0. The highest BCUT2D eigenvalue weighted by atomic mass is 16.6. The lowest BCUT2D eigenvalue weighted by molar-refractivity contribution is -0.146. The van der Waals surface area contributed by atoms with E-state index >= 15 is 0 Å². The van der Waals surface area contributed by atoms with Crippen molar-refractivity contribution in [1.29, 1.82) is 0 Å². The van der Waals surface area contributed by atoms with Crippen molar-refractivity contribution in [3.63, 3.8) is 0 Å². The van der Waals surface area contributed by atoms with Gasteiger partial charge in [0.25, 0.3) is 0 Å². The van der Waals surface area contributed by atoms with E-state index in [1.165, 1.54) is 12.8 Å². The average molecular weight is 254 g/mol. The summed E-state index contributed by atoms with van der Waals surface area (Å²) in [6, 6.07) is 0. The van der Waals surface area contributed by atoms with Gasteiger partial charge in [0.1, 0.15) is 0 Å². The molecule has 1 aliphatic carbocycles. The van der Waals surface area contributed by atoms with E-state index in [-0.39, 0.29) is 5.97 Å². The van der Waals surface area contributed by atoms with E-state index in [2.05, 4.69) is 13.8 Å². The van der Waals surface area contributed by atoms with E-state index in [0.717, 1.165) is 25.7 Å². The minimum absolute atomic E-state index is 0.0165. The van der Waals surface area contributed by atoms with Crippen LogP contribution in [0.2, 0.25) is 0 Å². The van der Waals surface area contributed by atoms with E-state index in [0.29, 0.717) is 37.1 Å². The van der Waals surface area contributed by atoms with Crippen LogP contribution in [0.15, 0.2) is 0 Å². The van der Waals surface area contributed by atoms with Crippen LogP contribution in [0.4, 0.5) is 0 Å². The lowest BCUT2D eigenvalue weighted by Crippen LogP contribution is -2.28.